The first-order valence-corrected chi connectivity index (χ1v) is 11.1. The van der Waals surface area contributed by atoms with Crippen LogP contribution >= 0.6 is 0 Å². The van der Waals surface area contributed by atoms with E-state index in [2.05, 4.69) is 10.4 Å². The molecule has 1 N–H and O–H groups in total. The summed E-state index contributed by atoms with van der Waals surface area (Å²) >= 11 is 0. The van der Waals surface area contributed by atoms with Crippen LogP contribution in [-0.2, 0) is 31.2 Å². The van der Waals surface area contributed by atoms with E-state index in [0.717, 1.165) is 34.6 Å². The SMILES string of the molecule is Cc1nn(C)c(C)c1CC(C)NC(=O)c1ccc(=O)n(CC(=O)N2CCc3ccccc32)c1. The molecule has 2 amide bonds. The summed E-state index contributed by atoms with van der Waals surface area (Å²) in [5.41, 5.74) is 5.18. The van der Waals surface area contributed by atoms with E-state index in [1.54, 1.807) is 4.90 Å². The van der Waals surface area contributed by atoms with Gasteiger partial charge in [-0.1, -0.05) is 18.2 Å². The summed E-state index contributed by atoms with van der Waals surface area (Å²) < 4.78 is 3.14. The van der Waals surface area contributed by atoms with Gasteiger partial charge in [-0.2, -0.15) is 5.10 Å². The molecular weight excluding hydrogens is 418 g/mol. The van der Waals surface area contributed by atoms with E-state index in [-0.39, 0.29) is 30.0 Å². The van der Waals surface area contributed by atoms with Gasteiger partial charge >= 0.3 is 0 Å². The molecule has 8 nitrogen and oxygen atoms in total. The van der Waals surface area contributed by atoms with Crippen molar-refractivity contribution in [3.8, 4) is 0 Å². The number of hydrogen-bond donors (Lipinski definition) is 1. The Balaban J connectivity index is 1.45. The van der Waals surface area contributed by atoms with Crippen LogP contribution in [-0.4, -0.2) is 38.7 Å². The molecule has 0 spiro atoms. The average Bonchev–Trinajstić information content (AvgIpc) is 3.31. The molecule has 1 unspecified atom stereocenters. The van der Waals surface area contributed by atoms with Crippen molar-refractivity contribution < 1.29 is 9.59 Å². The van der Waals surface area contributed by atoms with Gasteiger partial charge in [0, 0.05) is 43.3 Å². The minimum atomic E-state index is -0.318. The lowest BCUT2D eigenvalue weighted by atomic mass is 10.0. The minimum Gasteiger partial charge on any atom is -0.349 e. The van der Waals surface area contributed by atoms with Gasteiger partial charge in [-0.3, -0.25) is 19.1 Å². The van der Waals surface area contributed by atoms with E-state index in [1.807, 2.05) is 56.8 Å². The third-order valence-corrected chi connectivity index (χ3v) is 6.29. The van der Waals surface area contributed by atoms with Crippen LogP contribution in [0.2, 0.25) is 0 Å². The summed E-state index contributed by atoms with van der Waals surface area (Å²) in [7, 11) is 1.90. The number of amides is 2. The minimum absolute atomic E-state index is 0.113. The van der Waals surface area contributed by atoms with E-state index >= 15 is 0 Å². The van der Waals surface area contributed by atoms with Gasteiger partial charge in [-0.15, -0.1) is 0 Å². The molecule has 33 heavy (non-hydrogen) atoms. The number of aryl methyl sites for hydroxylation is 2. The lowest BCUT2D eigenvalue weighted by Crippen LogP contribution is -2.37. The van der Waals surface area contributed by atoms with Crippen molar-refractivity contribution in [3.63, 3.8) is 0 Å². The second-order valence-electron chi connectivity index (χ2n) is 8.66. The van der Waals surface area contributed by atoms with E-state index in [0.29, 0.717) is 18.5 Å². The highest BCUT2D eigenvalue weighted by Crippen LogP contribution is 2.27. The summed E-state index contributed by atoms with van der Waals surface area (Å²) in [6.45, 7) is 6.39. The number of fused-ring (bicyclic) bond motifs is 1. The van der Waals surface area contributed by atoms with Crippen molar-refractivity contribution in [2.75, 3.05) is 11.4 Å². The Morgan fingerprint density at radius 2 is 1.91 bits per heavy atom. The molecule has 1 aromatic carbocycles. The number of hydrogen-bond acceptors (Lipinski definition) is 4. The number of pyridine rings is 1. The fourth-order valence-electron chi connectivity index (χ4n) is 4.39. The van der Waals surface area contributed by atoms with Crippen LogP contribution in [0.4, 0.5) is 5.69 Å². The molecule has 1 aliphatic rings. The molecule has 172 valence electrons. The first-order valence-electron chi connectivity index (χ1n) is 11.1. The van der Waals surface area contributed by atoms with Crippen LogP contribution in [0, 0.1) is 13.8 Å². The van der Waals surface area contributed by atoms with Gasteiger partial charge in [0.1, 0.15) is 6.54 Å². The lowest BCUT2D eigenvalue weighted by molar-refractivity contribution is -0.119. The Morgan fingerprint density at radius 3 is 2.64 bits per heavy atom. The monoisotopic (exact) mass is 447 g/mol. The van der Waals surface area contributed by atoms with Gasteiger partial charge in [0.2, 0.25) is 5.91 Å². The summed E-state index contributed by atoms with van der Waals surface area (Å²) in [5.74, 6) is -0.454. The molecule has 3 heterocycles. The fraction of sp³-hybridized carbons (Fsp3) is 0.360. The van der Waals surface area contributed by atoms with E-state index < -0.39 is 0 Å². The molecule has 0 saturated carbocycles. The Labute approximate surface area is 192 Å². The number of anilines is 1. The summed E-state index contributed by atoms with van der Waals surface area (Å²) in [6, 6.07) is 10.5. The number of nitrogens with one attached hydrogen (secondary N) is 1. The van der Waals surface area contributed by atoms with Crippen molar-refractivity contribution in [2.24, 2.45) is 7.05 Å². The molecule has 3 aromatic rings. The van der Waals surface area contributed by atoms with Crippen LogP contribution in [0.3, 0.4) is 0 Å². The average molecular weight is 448 g/mol. The number of benzene rings is 1. The summed E-state index contributed by atoms with van der Waals surface area (Å²) in [4.78, 5) is 39.8. The normalized spacial score (nSPS) is 13.6. The highest BCUT2D eigenvalue weighted by atomic mass is 16.2. The summed E-state index contributed by atoms with van der Waals surface area (Å²) in [5, 5.41) is 7.42. The fourth-order valence-corrected chi connectivity index (χ4v) is 4.39. The van der Waals surface area contributed by atoms with Gasteiger partial charge in [0.25, 0.3) is 11.5 Å². The van der Waals surface area contributed by atoms with Gasteiger partial charge in [0.05, 0.1) is 11.3 Å². The molecule has 4 rings (SSSR count). The maximum absolute atomic E-state index is 12.9. The van der Waals surface area contributed by atoms with Crippen molar-refractivity contribution in [1.29, 1.82) is 0 Å². The van der Waals surface area contributed by atoms with Crippen LogP contribution < -0.4 is 15.8 Å². The van der Waals surface area contributed by atoms with Crippen LogP contribution in [0.25, 0.3) is 0 Å². The third kappa shape index (κ3) is 4.60. The highest BCUT2D eigenvalue weighted by Gasteiger charge is 2.24. The number of carbonyl (C=O) groups is 2. The smallest absolute Gasteiger partial charge is 0.252 e. The van der Waals surface area contributed by atoms with Crippen molar-refractivity contribution in [1.82, 2.24) is 19.7 Å². The van der Waals surface area contributed by atoms with Crippen LogP contribution in [0.5, 0.6) is 0 Å². The van der Waals surface area contributed by atoms with Crippen LogP contribution in [0.15, 0.2) is 47.4 Å². The summed E-state index contributed by atoms with van der Waals surface area (Å²) in [6.07, 6.45) is 2.92. The number of rotatable bonds is 6. The first-order chi connectivity index (χ1) is 15.7. The Bertz CT molecular complexity index is 1270. The Hall–Kier alpha value is -3.68. The second-order valence-corrected chi connectivity index (χ2v) is 8.66. The van der Waals surface area contributed by atoms with E-state index in [1.165, 1.54) is 22.9 Å². The van der Waals surface area contributed by atoms with Crippen LogP contribution in [0.1, 0.15) is 39.8 Å². The lowest BCUT2D eigenvalue weighted by Gasteiger charge is -2.18. The van der Waals surface area contributed by atoms with Gasteiger partial charge in [-0.05, 0) is 56.9 Å². The highest BCUT2D eigenvalue weighted by molar-refractivity contribution is 5.96. The van der Waals surface area contributed by atoms with E-state index in [9.17, 15) is 14.4 Å². The third-order valence-electron chi connectivity index (χ3n) is 6.29. The number of carbonyl (C=O) groups excluding carboxylic acids is 2. The first kappa shape index (κ1) is 22.5. The molecule has 0 saturated heterocycles. The zero-order chi connectivity index (χ0) is 23.7. The van der Waals surface area contributed by atoms with Gasteiger partial charge in [-0.25, -0.2) is 0 Å². The zero-order valence-corrected chi connectivity index (χ0v) is 19.5. The van der Waals surface area contributed by atoms with E-state index in [4.69, 9.17) is 0 Å². The number of aromatic nitrogens is 3. The predicted molar refractivity (Wildman–Crippen MR) is 127 cm³/mol. The van der Waals surface area contributed by atoms with Crippen molar-refractivity contribution in [2.45, 2.75) is 46.2 Å². The molecular formula is C25H29N5O3. The molecule has 0 radical (unpaired) electrons. The molecule has 1 aliphatic heterocycles. The largest absolute Gasteiger partial charge is 0.349 e. The Morgan fingerprint density at radius 1 is 1.15 bits per heavy atom. The molecule has 2 aromatic heterocycles. The zero-order valence-electron chi connectivity index (χ0n) is 19.5. The predicted octanol–water partition coefficient (Wildman–Crippen LogP) is 2.15. The molecule has 1 atom stereocenters. The van der Waals surface area contributed by atoms with Gasteiger partial charge in [0.15, 0.2) is 0 Å². The Kier molecular flexibility index (Phi) is 6.18. The molecule has 0 bridgehead atoms. The van der Waals surface area contributed by atoms with Crippen molar-refractivity contribution in [3.05, 3.63) is 81.0 Å². The molecule has 0 fully saturated rings. The molecule has 0 aliphatic carbocycles. The second kappa shape index (κ2) is 9.05. The standard InChI is InChI=1S/C25H29N5O3/c1-16(13-21-17(2)27-28(4)18(21)3)26-25(33)20-9-10-23(31)29(14-20)15-24(32)30-12-11-19-7-5-6-8-22(19)30/h5-10,14,16H,11-13,15H2,1-4H3,(H,26,33). The maximum Gasteiger partial charge on any atom is 0.252 e. The van der Waals surface area contributed by atoms with Gasteiger partial charge < -0.3 is 14.8 Å². The topological polar surface area (TPSA) is 89.2 Å². The maximum atomic E-state index is 12.9. The number of nitrogens with zero attached hydrogens (tertiary/aromatic N) is 4. The van der Waals surface area contributed by atoms with Crippen molar-refractivity contribution >= 4 is 17.5 Å². The number of para-hydroxylation sites is 1. The quantitative estimate of drug-likeness (QED) is 0.627. The molecule has 8 heteroatoms.